The predicted octanol–water partition coefficient (Wildman–Crippen LogP) is 1.38. The lowest BCUT2D eigenvalue weighted by molar-refractivity contribution is -0.120. The third kappa shape index (κ3) is 5.96. The Morgan fingerprint density at radius 3 is 2.63 bits per heavy atom. The number of nitrogens with one attached hydrogen (secondary N) is 1. The third-order valence-corrected chi connectivity index (χ3v) is 4.62. The van der Waals surface area contributed by atoms with E-state index in [4.69, 9.17) is 18.9 Å². The molecule has 2 heterocycles. The number of methoxy groups -OCH3 is 2. The van der Waals surface area contributed by atoms with Gasteiger partial charge >= 0.3 is 0 Å². The van der Waals surface area contributed by atoms with Gasteiger partial charge in [0.1, 0.15) is 18.2 Å². The van der Waals surface area contributed by atoms with Crippen molar-refractivity contribution in [3.63, 3.8) is 0 Å². The van der Waals surface area contributed by atoms with Crippen LogP contribution in [-0.2, 0) is 16.0 Å². The fourth-order valence-electron chi connectivity index (χ4n) is 3.14. The van der Waals surface area contributed by atoms with E-state index in [2.05, 4.69) is 20.2 Å². The van der Waals surface area contributed by atoms with Crippen molar-refractivity contribution in [2.75, 3.05) is 58.6 Å². The number of carbonyl (C=O) groups is 1. The highest BCUT2D eigenvalue weighted by molar-refractivity contribution is 5.78. The van der Waals surface area contributed by atoms with Gasteiger partial charge in [0, 0.05) is 19.2 Å². The molecule has 0 unspecified atom stereocenters. The molecule has 30 heavy (non-hydrogen) atoms. The highest BCUT2D eigenvalue weighted by Gasteiger charge is 2.14. The molecule has 1 aromatic carbocycles. The molecule has 1 aromatic heterocycles. The maximum absolute atomic E-state index is 12.2. The quantitative estimate of drug-likeness (QED) is 0.613. The van der Waals surface area contributed by atoms with Crippen molar-refractivity contribution in [1.29, 1.82) is 0 Å². The van der Waals surface area contributed by atoms with Crippen LogP contribution in [0.15, 0.2) is 24.3 Å². The molecule has 3 rings (SSSR count). The summed E-state index contributed by atoms with van der Waals surface area (Å²) in [4.78, 5) is 23.2. The maximum Gasteiger partial charge on any atom is 0.224 e. The third-order valence-electron chi connectivity index (χ3n) is 4.62. The van der Waals surface area contributed by atoms with Crippen LogP contribution in [0.4, 0.5) is 5.82 Å². The largest absolute Gasteiger partial charge is 0.493 e. The first-order chi connectivity index (χ1) is 14.6. The Labute approximate surface area is 176 Å². The predicted molar refractivity (Wildman–Crippen MR) is 112 cm³/mol. The first-order valence-electron chi connectivity index (χ1n) is 9.88. The molecule has 1 aliphatic rings. The molecule has 0 aliphatic carbocycles. The van der Waals surface area contributed by atoms with Crippen LogP contribution >= 0.6 is 0 Å². The first kappa shape index (κ1) is 21.6. The average Bonchev–Trinajstić information content (AvgIpc) is 2.77. The lowest BCUT2D eigenvalue weighted by Gasteiger charge is -2.28. The molecule has 1 N–H and O–H groups in total. The van der Waals surface area contributed by atoms with Crippen LogP contribution in [0.25, 0.3) is 0 Å². The van der Waals surface area contributed by atoms with Crippen LogP contribution in [0, 0.1) is 6.92 Å². The lowest BCUT2D eigenvalue weighted by atomic mass is 10.1. The number of nitrogens with zero attached hydrogens (tertiary/aromatic N) is 3. The number of anilines is 1. The minimum absolute atomic E-state index is 0.0984. The van der Waals surface area contributed by atoms with Crippen LogP contribution in [0.1, 0.15) is 11.4 Å². The normalized spacial score (nSPS) is 13.6. The fraction of sp³-hybridized carbons (Fsp3) is 0.476. The standard InChI is InChI=1S/C21H28N4O5/c1-15-23-19(25-7-10-29-11-8-25)14-21(24-15)30-9-6-22-20(26)13-16-4-5-17(27-2)18(12-16)28-3/h4-5,12,14H,6-11,13H2,1-3H3,(H,22,26). The SMILES string of the molecule is COc1ccc(CC(=O)NCCOc2cc(N3CCOCC3)nc(C)n2)cc1OC. The molecule has 1 aliphatic heterocycles. The molecule has 162 valence electrons. The smallest absolute Gasteiger partial charge is 0.224 e. The molecule has 1 amide bonds. The number of amides is 1. The van der Waals surface area contributed by atoms with Gasteiger partial charge in [-0.2, -0.15) is 4.98 Å². The number of benzene rings is 1. The van der Waals surface area contributed by atoms with Gasteiger partial charge in [-0.05, 0) is 24.6 Å². The van der Waals surface area contributed by atoms with Crippen molar-refractivity contribution in [3.8, 4) is 17.4 Å². The van der Waals surface area contributed by atoms with E-state index in [0.29, 0.717) is 49.6 Å². The zero-order chi connectivity index (χ0) is 21.3. The van der Waals surface area contributed by atoms with Crippen LogP contribution in [-0.4, -0.2) is 69.5 Å². The van der Waals surface area contributed by atoms with E-state index in [1.807, 2.05) is 19.1 Å². The highest BCUT2D eigenvalue weighted by atomic mass is 16.5. The molecule has 0 atom stereocenters. The van der Waals surface area contributed by atoms with E-state index in [1.54, 1.807) is 26.4 Å². The van der Waals surface area contributed by atoms with E-state index in [-0.39, 0.29) is 12.3 Å². The van der Waals surface area contributed by atoms with Crippen LogP contribution in [0.5, 0.6) is 17.4 Å². The van der Waals surface area contributed by atoms with Crippen molar-refractivity contribution >= 4 is 11.7 Å². The summed E-state index contributed by atoms with van der Waals surface area (Å²) in [6.07, 6.45) is 0.244. The van der Waals surface area contributed by atoms with Crippen LogP contribution in [0.3, 0.4) is 0 Å². The minimum Gasteiger partial charge on any atom is -0.493 e. The number of aromatic nitrogens is 2. The van der Waals surface area contributed by atoms with Gasteiger partial charge in [0.15, 0.2) is 11.5 Å². The Morgan fingerprint density at radius 2 is 1.90 bits per heavy atom. The van der Waals surface area contributed by atoms with Gasteiger partial charge < -0.3 is 29.2 Å². The molecule has 1 saturated heterocycles. The maximum atomic E-state index is 12.2. The highest BCUT2D eigenvalue weighted by Crippen LogP contribution is 2.27. The number of hydrogen-bond donors (Lipinski definition) is 1. The lowest BCUT2D eigenvalue weighted by Crippen LogP contribution is -2.37. The van der Waals surface area contributed by atoms with Gasteiger partial charge in [-0.15, -0.1) is 0 Å². The monoisotopic (exact) mass is 416 g/mol. The molecule has 9 nitrogen and oxygen atoms in total. The Hall–Kier alpha value is -3.07. The second kappa shape index (κ2) is 10.6. The second-order valence-corrected chi connectivity index (χ2v) is 6.78. The summed E-state index contributed by atoms with van der Waals surface area (Å²) in [5.74, 6) is 3.11. The molecule has 0 saturated carbocycles. The Morgan fingerprint density at radius 1 is 1.13 bits per heavy atom. The van der Waals surface area contributed by atoms with Gasteiger partial charge in [0.2, 0.25) is 11.8 Å². The second-order valence-electron chi connectivity index (χ2n) is 6.78. The minimum atomic E-state index is -0.0984. The number of ether oxygens (including phenoxy) is 4. The van der Waals surface area contributed by atoms with E-state index in [0.717, 1.165) is 24.5 Å². The molecular weight excluding hydrogens is 388 g/mol. The summed E-state index contributed by atoms with van der Waals surface area (Å²) in [5.41, 5.74) is 0.840. The van der Waals surface area contributed by atoms with Crippen LogP contribution < -0.4 is 24.4 Å². The topological polar surface area (TPSA) is 95.0 Å². The molecule has 0 radical (unpaired) electrons. The summed E-state index contributed by atoms with van der Waals surface area (Å²) in [6.45, 7) is 5.49. The van der Waals surface area contributed by atoms with Gasteiger partial charge in [-0.3, -0.25) is 4.79 Å². The van der Waals surface area contributed by atoms with Crippen molar-refractivity contribution in [2.45, 2.75) is 13.3 Å². The number of carbonyl (C=O) groups excluding carboxylic acids is 1. The van der Waals surface area contributed by atoms with Crippen molar-refractivity contribution in [1.82, 2.24) is 15.3 Å². The van der Waals surface area contributed by atoms with Crippen molar-refractivity contribution in [2.24, 2.45) is 0 Å². The van der Waals surface area contributed by atoms with Crippen molar-refractivity contribution in [3.05, 3.63) is 35.7 Å². The molecule has 1 fully saturated rings. The average molecular weight is 416 g/mol. The summed E-state index contributed by atoms with van der Waals surface area (Å²) in [7, 11) is 3.14. The van der Waals surface area contributed by atoms with Crippen LogP contribution in [0.2, 0.25) is 0 Å². The number of aryl methyl sites for hydroxylation is 1. The number of rotatable bonds is 9. The summed E-state index contributed by atoms with van der Waals surface area (Å²) in [5, 5.41) is 2.85. The molecule has 9 heteroatoms. The zero-order valence-electron chi connectivity index (χ0n) is 17.6. The van der Waals surface area contributed by atoms with Gasteiger partial charge in [0.05, 0.1) is 40.4 Å². The fourth-order valence-corrected chi connectivity index (χ4v) is 3.14. The van der Waals surface area contributed by atoms with Gasteiger partial charge in [0.25, 0.3) is 0 Å². The Bertz CT molecular complexity index is 855. The molecule has 0 bridgehead atoms. The first-order valence-corrected chi connectivity index (χ1v) is 9.88. The Balaban J connectivity index is 1.46. The summed E-state index contributed by atoms with van der Waals surface area (Å²) < 4.78 is 21.6. The van der Waals surface area contributed by atoms with Gasteiger partial charge in [-0.1, -0.05) is 6.07 Å². The number of morpholine rings is 1. The summed E-state index contributed by atoms with van der Waals surface area (Å²) in [6, 6.07) is 7.25. The summed E-state index contributed by atoms with van der Waals surface area (Å²) >= 11 is 0. The molecule has 2 aromatic rings. The number of hydrogen-bond acceptors (Lipinski definition) is 8. The van der Waals surface area contributed by atoms with E-state index in [1.165, 1.54) is 0 Å². The molecule has 0 spiro atoms. The van der Waals surface area contributed by atoms with E-state index < -0.39 is 0 Å². The van der Waals surface area contributed by atoms with Gasteiger partial charge in [-0.25, -0.2) is 4.98 Å². The van der Waals surface area contributed by atoms with E-state index in [9.17, 15) is 4.79 Å². The Kier molecular flexibility index (Phi) is 7.67. The molecular formula is C21H28N4O5. The zero-order valence-corrected chi connectivity index (χ0v) is 17.6. The van der Waals surface area contributed by atoms with Crippen molar-refractivity contribution < 1.29 is 23.7 Å². The van der Waals surface area contributed by atoms with E-state index >= 15 is 0 Å².